The van der Waals surface area contributed by atoms with Gasteiger partial charge in [0.05, 0.1) is 16.4 Å². The van der Waals surface area contributed by atoms with Gasteiger partial charge in [0.2, 0.25) is 0 Å². The zero-order valence-electron chi connectivity index (χ0n) is 17.3. The van der Waals surface area contributed by atoms with E-state index < -0.39 is 10.8 Å². The molecular weight excluding hydrogens is 512 g/mol. The summed E-state index contributed by atoms with van der Waals surface area (Å²) in [6.45, 7) is 2.30. The first kappa shape index (κ1) is 22.8. The first-order chi connectivity index (χ1) is 15.8. The molecule has 33 heavy (non-hydrogen) atoms. The van der Waals surface area contributed by atoms with Crippen LogP contribution >= 0.6 is 27.7 Å². The van der Waals surface area contributed by atoms with E-state index in [0.29, 0.717) is 27.3 Å². The van der Waals surface area contributed by atoms with Gasteiger partial charge in [-0.15, -0.1) is 0 Å². The van der Waals surface area contributed by atoms with Gasteiger partial charge in [-0.25, -0.2) is 0 Å². The van der Waals surface area contributed by atoms with Crippen molar-refractivity contribution in [1.82, 2.24) is 4.90 Å². The normalized spacial score (nSPS) is 14.8. The van der Waals surface area contributed by atoms with Crippen molar-refractivity contribution in [3.63, 3.8) is 0 Å². The Morgan fingerprint density at radius 1 is 1.15 bits per heavy atom. The zero-order valence-corrected chi connectivity index (χ0v) is 19.7. The number of thioether (sulfide) groups is 1. The molecule has 2 amide bonds. The van der Waals surface area contributed by atoms with Crippen LogP contribution in [0.3, 0.4) is 0 Å². The topological polar surface area (TPSA) is 103 Å². The second kappa shape index (κ2) is 9.63. The number of rotatable bonds is 7. The summed E-state index contributed by atoms with van der Waals surface area (Å²) < 4.78 is 11.9. The van der Waals surface area contributed by atoms with Crippen LogP contribution < -0.4 is 4.74 Å². The van der Waals surface area contributed by atoms with Gasteiger partial charge in [-0.1, -0.05) is 17.7 Å². The number of ether oxygens (including phenoxy) is 1. The van der Waals surface area contributed by atoms with Crippen LogP contribution in [0, 0.1) is 17.0 Å². The first-order valence-corrected chi connectivity index (χ1v) is 11.4. The first-order valence-electron chi connectivity index (χ1n) is 9.81. The summed E-state index contributed by atoms with van der Waals surface area (Å²) in [5, 5.41) is 10.5. The predicted octanol–water partition coefficient (Wildman–Crippen LogP) is 6.04. The molecule has 0 N–H and O–H groups in total. The zero-order chi connectivity index (χ0) is 23.5. The standard InChI is InChI=1S/C23H17BrN2O6S/c1-14-2-5-16(6-3-14)31-11-10-25-22(27)21(33-23(25)28)13-17-7-9-20(32-17)18-8-4-15(26(29)30)12-19(18)24/h2-9,12-13H,10-11H2,1H3/b21-13-. The smallest absolute Gasteiger partial charge is 0.293 e. The highest BCUT2D eigenvalue weighted by molar-refractivity contribution is 9.10. The van der Waals surface area contributed by atoms with Gasteiger partial charge in [-0.2, -0.15) is 0 Å². The fourth-order valence-electron chi connectivity index (χ4n) is 3.10. The lowest BCUT2D eigenvalue weighted by Gasteiger charge is -2.13. The third kappa shape index (κ3) is 5.18. The van der Waals surface area contributed by atoms with Crippen LogP contribution in [0.15, 0.2) is 68.4 Å². The van der Waals surface area contributed by atoms with Crippen molar-refractivity contribution in [2.75, 3.05) is 13.2 Å². The van der Waals surface area contributed by atoms with Gasteiger partial charge in [0.25, 0.3) is 16.8 Å². The van der Waals surface area contributed by atoms with Crippen molar-refractivity contribution in [2.45, 2.75) is 6.92 Å². The van der Waals surface area contributed by atoms with E-state index in [1.165, 1.54) is 18.2 Å². The molecule has 1 saturated heterocycles. The number of imide groups is 1. The van der Waals surface area contributed by atoms with E-state index in [2.05, 4.69) is 15.9 Å². The second-order valence-electron chi connectivity index (χ2n) is 7.12. The van der Waals surface area contributed by atoms with Gasteiger partial charge in [0.15, 0.2) is 0 Å². The number of hydrogen-bond acceptors (Lipinski definition) is 7. The van der Waals surface area contributed by atoms with Gasteiger partial charge < -0.3 is 9.15 Å². The van der Waals surface area contributed by atoms with Gasteiger partial charge in [0.1, 0.15) is 23.9 Å². The lowest BCUT2D eigenvalue weighted by Crippen LogP contribution is -2.32. The maximum absolute atomic E-state index is 12.7. The molecule has 0 spiro atoms. The van der Waals surface area contributed by atoms with Crippen molar-refractivity contribution in [3.05, 3.63) is 85.4 Å². The summed E-state index contributed by atoms with van der Waals surface area (Å²) in [5.74, 6) is 1.11. The molecular formula is C23H17BrN2O6S. The minimum Gasteiger partial charge on any atom is -0.492 e. The number of nitro groups is 1. The van der Waals surface area contributed by atoms with Crippen LogP contribution in [0.5, 0.6) is 5.75 Å². The predicted molar refractivity (Wildman–Crippen MR) is 128 cm³/mol. The number of furan rings is 1. The number of carbonyl (C=O) groups excluding carboxylic acids is 2. The third-order valence-electron chi connectivity index (χ3n) is 4.81. The maximum atomic E-state index is 12.7. The average Bonchev–Trinajstić information content (AvgIpc) is 3.34. The minimum absolute atomic E-state index is 0.0440. The molecule has 0 aliphatic carbocycles. The van der Waals surface area contributed by atoms with Gasteiger partial charge in [0, 0.05) is 28.2 Å². The molecule has 1 aliphatic heterocycles. The van der Waals surface area contributed by atoms with Crippen LogP contribution in [0.1, 0.15) is 11.3 Å². The van der Waals surface area contributed by atoms with Crippen LogP contribution in [-0.2, 0) is 4.79 Å². The summed E-state index contributed by atoms with van der Waals surface area (Å²) >= 11 is 4.15. The number of benzene rings is 2. The number of carbonyl (C=O) groups is 2. The molecule has 2 heterocycles. The minimum atomic E-state index is -0.482. The number of nitro benzene ring substituents is 1. The van der Waals surface area contributed by atoms with Crippen molar-refractivity contribution in [3.8, 4) is 17.1 Å². The lowest BCUT2D eigenvalue weighted by molar-refractivity contribution is -0.384. The molecule has 1 aliphatic rings. The van der Waals surface area contributed by atoms with Gasteiger partial charge >= 0.3 is 0 Å². The van der Waals surface area contributed by atoms with Crippen molar-refractivity contribution < 1.29 is 23.7 Å². The van der Waals surface area contributed by atoms with Crippen molar-refractivity contribution in [1.29, 1.82) is 0 Å². The molecule has 168 valence electrons. The van der Waals surface area contributed by atoms with Gasteiger partial charge in [-0.3, -0.25) is 24.6 Å². The molecule has 4 rings (SSSR count). The molecule has 8 nitrogen and oxygen atoms in total. The molecule has 0 saturated carbocycles. The molecule has 10 heteroatoms. The lowest BCUT2D eigenvalue weighted by atomic mass is 10.1. The van der Waals surface area contributed by atoms with E-state index in [4.69, 9.17) is 9.15 Å². The number of halogens is 1. The number of nitrogens with zero attached hydrogens (tertiary/aromatic N) is 2. The van der Waals surface area contributed by atoms with Crippen LogP contribution in [-0.4, -0.2) is 34.1 Å². The molecule has 1 aromatic heterocycles. The highest BCUT2D eigenvalue weighted by Gasteiger charge is 2.35. The summed E-state index contributed by atoms with van der Waals surface area (Å²) in [6.07, 6.45) is 1.51. The quantitative estimate of drug-likeness (QED) is 0.209. The Kier molecular flexibility index (Phi) is 6.66. The number of aryl methyl sites for hydroxylation is 1. The molecule has 3 aromatic rings. The van der Waals surface area contributed by atoms with Crippen LogP contribution in [0.2, 0.25) is 0 Å². The molecule has 0 bridgehead atoms. The highest BCUT2D eigenvalue weighted by Crippen LogP contribution is 2.35. The monoisotopic (exact) mass is 528 g/mol. The Morgan fingerprint density at radius 3 is 2.61 bits per heavy atom. The van der Waals surface area contributed by atoms with Crippen LogP contribution in [0.4, 0.5) is 10.5 Å². The SMILES string of the molecule is Cc1ccc(OCCN2C(=O)S/C(=C\c3ccc(-c4ccc([N+](=O)[O-])cc4Br)o3)C2=O)cc1. The molecule has 0 radical (unpaired) electrons. The van der Waals surface area contributed by atoms with E-state index in [9.17, 15) is 19.7 Å². The Hall–Kier alpha value is -3.37. The van der Waals surface area contributed by atoms with E-state index >= 15 is 0 Å². The van der Waals surface area contributed by atoms with Crippen LogP contribution in [0.25, 0.3) is 17.4 Å². The van der Waals surface area contributed by atoms with Crippen molar-refractivity contribution in [2.24, 2.45) is 0 Å². The summed E-state index contributed by atoms with van der Waals surface area (Å²) in [7, 11) is 0. The Balaban J connectivity index is 1.43. The number of amides is 2. The Morgan fingerprint density at radius 2 is 1.91 bits per heavy atom. The summed E-state index contributed by atoms with van der Waals surface area (Å²) in [4.78, 5) is 36.8. The average molecular weight is 529 g/mol. The second-order valence-corrected chi connectivity index (χ2v) is 8.97. The maximum Gasteiger partial charge on any atom is 0.293 e. The summed E-state index contributed by atoms with van der Waals surface area (Å²) in [6, 6.07) is 15.2. The van der Waals surface area contributed by atoms with E-state index in [1.807, 2.05) is 31.2 Å². The third-order valence-corrected chi connectivity index (χ3v) is 6.37. The number of non-ortho nitro benzene ring substituents is 1. The van der Waals surface area contributed by atoms with E-state index in [-0.39, 0.29) is 29.0 Å². The Labute approximate surface area is 201 Å². The fraction of sp³-hybridized carbons (Fsp3) is 0.130. The summed E-state index contributed by atoms with van der Waals surface area (Å²) in [5.41, 5.74) is 1.69. The van der Waals surface area contributed by atoms with E-state index in [0.717, 1.165) is 22.2 Å². The largest absolute Gasteiger partial charge is 0.492 e. The molecule has 0 atom stereocenters. The van der Waals surface area contributed by atoms with E-state index in [1.54, 1.807) is 18.2 Å². The highest BCUT2D eigenvalue weighted by atomic mass is 79.9. The van der Waals surface area contributed by atoms with Gasteiger partial charge in [-0.05, 0) is 64.9 Å². The number of hydrogen-bond donors (Lipinski definition) is 0. The molecule has 0 unspecified atom stereocenters. The Bertz CT molecular complexity index is 1270. The fourth-order valence-corrected chi connectivity index (χ4v) is 4.51. The molecule has 2 aromatic carbocycles. The molecule has 1 fully saturated rings. The van der Waals surface area contributed by atoms with Crippen molar-refractivity contribution >= 4 is 50.6 Å².